The van der Waals surface area contributed by atoms with Gasteiger partial charge in [-0.25, -0.2) is 0 Å². The summed E-state index contributed by atoms with van der Waals surface area (Å²) >= 11 is 1.92. The molecule has 2 saturated carbocycles. The summed E-state index contributed by atoms with van der Waals surface area (Å²) in [6.45, 7) is 0. The molecule has 2 nitrogen and oxygen atoms in total. The number of hydrogen-bond donors (Lipinski definition) is 1. The van der Waals surface area contributed by atoms with Gasteiger partial charge >= 0.3 is 0 Å². The maximum absolute atomic E-state index is 5.43. The van der Waals surface area contributed by atoms with E-state index in [2.05, 4.69) is 127 Å². The third-order valence-electron chi connectivity index (χ3n) is 14.9. The SMILES string of the molecule is C1=C2C(=CC3C1c1ccccc1C31CCCCC1)C1(CCCCC1)c1cccc(-c3ccc(C4N=C(c5ccccc5)Nc5c4sc4c5=CCCC=4)cc3)c12. The highest BCUT2D eigenvalue weighted by Crippen LogP contribution is 2.66. The molecule has 1 N–H and O–H groups in total. The van der Waals surface area contributed by atoms with E-state index in [1.807, 2.05) is 11.3 Å². The van der Waals surface area contributed by atoms with Gasteiger partial charge in [0.15, 0.2) is 0 Å². The van der Waals surface area contributed by atoms with Crippen molar-refractivity contribution in [3.8, 4) is 11.1 Å². The standard InChI is InChI=1S/C52H48N2S/c1-4-15-35(16-5-1)50-53-47(49-48(54-50)38-18-7-9-22-45(38)55-49)34-25-23-33(24-26-34)36-19-14-21-42-46(36)40-31-39-37-17-6-8-20-41(37)51(27-10-2-11-28-51)43(39)32-44(40)52(42)29-12-3-13-30-52/h1,4-6,8,14-26,31-32,39,43,47H,2-3,7,9-13,27-30H2,(H,53,54). The predicted molar refractivity (Wildman–Crippen MR) is 230 cm³/mol. The summed E-state index contributed by atoms with van der Waals surface area (Å²) in [7, 11) is 0. The number of amidine groups is 1. The Morgan fingerprint density at radius 2 is 1.40 bits per heavy atom. The van der Waals surface area contributed by atoms with E-state index in [9.17, 15) is 0 Å². The summed E-state index contributed by atoms with van der Waals surface area (Å²) in [6, 6.07) is 37.1. The Morgan fingerprint density at radius 1 is 0.655 bits per heavy atom. The first-order valence-corrected chi connectivity index (χ1v) is 22.1. The fourth-order valence-electron chi connectivity index (χ4n) is 12.4. The van der Waals surface area contributed by atoms with Gasteiger partial charge in [0.25, 0.3) is 0 Å². The predicted octanol–water partition coefficient (Wildman–Crippen LogP) is 11.9. The molecule has 5 aromatic rings. The molecule has 0 saturated heterocycles. The normalized spacial score (nSPS) is 24.7. The Kier molecular flexibility index (Phi) is 7.32. The first kappa shape index (κ1) is 32.5. The molecule has 2 spiro atoms. The highest BCUT2D eigenvalue weighted by Gasteiger charge is 2.55. The molecule has 0 radical (unpaired) electrons. The summed E-state index contributed by atoms with van der Waals surface area (Å²) in [5, 5.41) is 5.14. The van der Waals surface area contributed by atoms with E-state index in [0.717, 1.165) is 24.2 Å². The molecule has 3 atom stereocenters. The summed E-state index contributed by atoms with van der Waals surface area (Å²) in [6.07, 6.45) is 26.1. The smallest absolute Gasteiger partial charge is 0.133 e. The third-order valence-corrected chi connectivity index (χ3v) is 16.1. The molecule has 7 aliphatic rings. The van der Waals surface area contributed by atoms with Crippen LogP contribution >= 0.6 is 11.3 Å². The first-order valence-electron chi connectivity index (χ1n) is 21.2. The highest BCUT2D eigenvalue weighted by molar-refractivity contribution is 7.10. The molecule has 55 heavy (non-hydrogen) atoms. The molecule has 272 valence electrons. The maximum atomic E-state index is 5.43. The maximum Gasteiger partial charge on any atom is 0.133 e. The van der Waals surface area contributed by atoms with Gasteiger partial charge in [-0.1, -0.05) is 160 Å². The monoisotopic (exact) mass is 732 g/mol. The van der Waals surface area contributed by atoms with Crippen LogP contribution in [0.3, 0.4) is 0 Å². The van der Waals surface area contributed by atoms with Crippen LogP contribution in [-0.4, -0.2) is 5.84 Å². The van der Waals surface area contributed by atoms with Gasteiger partial charge in [-0.3, -0.25) is 4.99 Å². The minimum absolute atomic E-state index is 0.0352. The van der Waals surface area contributed by atoms with Crippen LogP contribution in [0.1, 0.15) is 127 Å². The molecule has 2 heterocycles. The molecule has 3 unspecified atom stereocenters. The van der Waals surface area contributed by atoms with Crippen molar-refractivity contribution in [2.24, 2.45) is 10.9 Å². The van der Waals surface area contributed by atoms with Crippen molar-refractivity contribution in [3.63, 3.8) is 0 Å². The zero-order valence-electron chi connectivity index (χ0n) is 31.6. The van der Waals surface area contributed by atoms with Crippen LogP contribution in [0.5, 0.6) is 0 Å². The molecule has 0 amide bonds. The summed E-state index contributed by atoms with van der Waals surface area (Å²) in [5.74, 6) is 2.01. The fraction of sp³-hybridized carbons (Fsp3) is 0.327. The molecule has 1 aliphatic heterocycles. The van der Waals surface area contributed by atoms with E-state index in [-0.39, 0.29) is 11.5 Å². The Morgan fingerprint density at radius 3 is 2.24 bits per heavy atom. The molecule has 1 aromatic heterocycles. The second-order valence-electron chi connectivity index (χ2n) is 17.5. The molecule has 6 aliphatic carbocycles. The lowest BCUT2D eigenvalue weighted by Gasteiger charge is -2.43. The first-order chi connectivity index (χ1) is 27.2. The summed E-state index contributed by atoms with van der Waals surface area (Å²) in [5.41, 5.74) is 16.4. The van der Waals surface area contributed by atoms with Gasteiger partial charge in [0.1, 0.15) is 11.9 Å². The van der Waals surface area contributed by atoms with Crippen molar-refractivity contribution in [3.05, 3.63) is 163 Å². The third kappa shape index (κ3) is 4.69. The Labute approximate surface area is 329 Å². The van der Waals surface area contributed by atoms with Crippen LogP contribution in [0.25, 0.3) is 28.9 Å². The lowest BCUT2D eigenvalue weighted by atomic mass is 9.60. The zero-order chi connectivity index (χ0) is 36.1. The number of rotatable bonds is 3. The number of anilines is 1. The molecule has 12 rings (SSSR count). The van der Waals surface area contributed by atoms with Crippen molar-refractivity contribution in [1.29, 1.82) is 0 Å². The largest absolute Gasteiger partial charge is 0.339 e. The number of fused-ring (bicyclic) bond motifs is 13. The van der Waals surface area contributed by atoms with E-state index in [0.29, 0.717) is 17.3 Å². The van der Waals surface area contributed by atoms with Crippen molar-refractivity contribution in [2.45, 2.75) is 99.8 Å². The van der Waals surface area contributed by atoms with E-state index >= 15 is 0 Å². The van der Waals surface area contributed by atoms with E-state index in [1.165, 1.54) is 107 Å². The van der Waals surface area contributed by atoms with Crippen LogP contribution in [0.2, 0.25) is 0 Å². The zero-order valence-corrected chi connectivity index (χ0v) is 32.4. The van der Waals surface area contributed by atoms with Crippen LogP contribution in [0, 0.1) is 5.92 Å². The van der Waals surface area contributed by atoms with Crippen molar-refractivity contribution in [2.75, 3.05) is 5.32 Å². The van der Waals surface area contributed by atoms with Gasteiger partial charge in [-0.05, 0) is 94.5 Å². The van der Waals surface area contributed by atoms with Crippen molar-refractivity contribution in [1.82, 2.24) is 0 Å². The average molecular weight is 733 g/mol. The number of nitrogens with zero attached hydrogens (tertiary/aromatic N) is 1. The van der Waals surface area contributed by atoms with Gasteiger partial charge in [-0.15, -0.1) is 11.3 Å². The topological polar surface area (TPSA) is 24.4 Å². The van der Waals surface area contributed by atoms with Gasteiger partial charge in [0.2, 0.25) is 0 Å². The van der Waals surface area contributed by atoms with Gasteiger partial charge < -0.3 is 5.32 Å². The Bertz CT molecular complexity index is 2590. The molecule has 0 bridgehead atoms. The minimum Gasteiger partial charge on any atom is -0.339 e. The van der Waals surface area contributed by atoms with Crippen LogP contribution in [0.15, 0.2) is 120 Å². The summed E-state index contributed by atoms with van der Waals surface area (Å²) < 4.78 is 1.39. The van der Waals surface area contributed by atoms with Gasteiger partial charge in [0.05, 0.1) is 10.6 Å². The van der Waals surface area contributed by atoms with E-state index in [1.54, 1.807) is 27.8 Å². The number of aliphatic imine (C=N–C) groups is 1. The van der Waals surface area contributed by atoms with E-state index in [4.69, 9.17) is 4.99 Å². The second-order valence-corrected chi connectivity index (χ2v) is 18.6. The van der Waals surface area contributed by atoms with Crippen molar-refractivity contribution < 1.29 is 0 Å². The Balaban J connectivity index is 0.987. The number of benzene rings is 4. The van der Waals surface area contributed by atoms with Crippen LogP contribution < -0.4 is 15.1 Å². The fourth-order valence-corrected chi connectivity index (χ4v) is 13.7. The van der Waals surface area contributed by atoms with Gasteiger partial charge in [-0.2, -0.15) is 0 Å². The van der Waals surface area contributed by atoms with Gasteiger partial charge in [0, 0.05) is 32.1 Å². The number of hydrogen-bond acceptors (Lipinski definition) is 3. The Hall–Kier alpha value is -4.73. The highest BCUT2D eigenvalue weighted by atomic mass is 32.1. The lowest BCUT2D eigenvalue weighted by molar-refractivity contribution is 0.231. The minimum atomic E-state index is -0.0352. The molecule has 4 aromatic carbocycles. The van der Waals surface area contributed by atoms with Crippen LogP contribution in [0.4, 0.5) is 5.69 Å². The van der Waals surface area contributed by atoms with Crippen molar-refractivity contribution >= 4 is 40.6 Å². The average Bonchev–Trinajstić information content (AvgIpc) is 3.85. The number of nitrogens with one attached hydrogen (secondary N) is 1. The summed E-state index contributed by atoms with van der Waals surface area (Å²) in [4.78, 5) is 6.76. The quantitative estimate of drug-likeness (QED) is 0.196. The van der Waals surface area contributed by atoms with E-state index < -0.39 is 0 Å². The molecule has 3 heteroatoms. The van der Waals surface area contributed by atoms with Crippen LogP contribution in [-0.2, 0) is 10.8 Å². The second kappa shape index (κ2) is 12.4. The lowest BCUT2D eigenvalue weighted by Crippen LogP contribution is -2.36. The number of allylic oxidation sites excluding steroid dienone is 4. The molecular weight excluding hydrogens is 685 g/mol. The molecule has 2 fully saturated rings. The number of thiophene rings is 1. The molecular formula is C52H48N2S.